The monoisotopic (exact) mass is 254 g/mol. The fraction of sp³-hybridized carbons (Fsp3) is 0.929. The van der Waals surface area contributed by atoms with Crippen molar-refractivity contribution in [1.29, 1.82) is 0 Å². The molecular weight excluding hydrogens is 228 g/mol. The molecule has 2 rings (SSSR count). The van der Waals surface area contributed by atoms with Gasteiger partial charge in [0.25, 0.3) is 0 Å². The Morgan fingerprint density at radius 1 is 1.44 bits per heavy atom. The molecule has 1 amide bonds. The Morgan fingerprint density at radius 3 is 2.94 bits per heavy atom. The Labute approximate surface area is 110 Å². The van der Waals surface area contributed by atoms with Crippen molar-refractivity contribution in [3.63, 3.8) is 0 Å². The van der Waals surface area contributed by atoms with Gasteiger partial charge in [0, 0.05) is 13.2 Å². The molecule has 0 radical (unpaired) electrons. The molecule has 2 saturated heterocycles. The van der Waals surface area contributed by atoms with E-state index in [-0.39, 0.29) is 24.2 Å². The van der Waals surface area contributed by atoms with E-state index in [2.05, 4.69) is 19.2 Å². The largest absolute Gasteiger partial charge is 0.376 e. The number of carbonyl (C=O) groups excluding carboxylic acids is 1. The summed E-state index contributed by atoms with van der Waals surface area (Å²) in [4.78, 5) is 14.3. The number of nitrogens with zero attached hydrogens (tertiary/aromatic N) is 1. The van der Waals surface area contributed by atoms with Crippen LogP contribution in [0.15, 0.2) is 0 Å². The average Bonchev–Trinajstić information content (AvgIpc) is 2.65. The minimum atomic E-state index is 0.0311. The first kappa shape index (κ1) is 13.8. The number of amides is 1. The molecule has 2 fully saturated rings. The smallest absolute Gasteiger partial charge is 0.241 e. The number of hydrogen-bond donors (Lipinski definition) is 1. The van der Waals surface area contributed by atoms with Gasteiger partial charge in [0.15, 0.2) is 0 Å². The second kappa shape index (κ2) is 6.53. The zero-order valence-corrected chi connectivity index (χ0v) is 11.7. The molecule has 2 aliphatic heterocycles. The molecule has 18 heavy (non-hydrogen) atoms. The highest BCUT2D eigenvalue weighted by Crippen LogP contribution is 2.19. The van der Waals surface area contributed by atoms with Crippen molar-refractivity contribution in [1.82, 2.24) is 10.2 Å². The van der Waals surface area contributed by atoms with Gasteiger partial charge in [-0.05, 0) is 32.6 Å². The van der Waals surface area contributed by atoms with Gasteiger partial charge in [-0.2, -0.15) is 0 Å². The fourth-order valence-corrected chi connectivity index (χ4v) is 2.88. The van der Waals surface area contributed by atoms with E-state index in [1.165, 1.54) is 6.42 Å². The summed E-state index contributed by atoms with van der Waals surface area (Å²) < 4.78 is 5.73. The summed E-state index contributed by atoms with van der Waals surface area (Å²) >= 11 is 0. The van der Waals surface area contributed by atoms with E-state index in [9.17, 15) is 4.79 Å². The van der Waals surface area contributed by atoms with Gasteiger partial charge in [-0.3, -0.25) is 10.1 Å². The van der Waals surface area contributed by atoms with Gasteiger partial charge in [-0.15, -0.1) is 0 Å². The van der Waals surface area contributed by atoms with Gasteiger partial charge < -0.3 is 9.64 Å². The molecule has 0 aliphatic carbocycles. The lowest BCUT2D eigenvalue weighted by molar-refractivity contribution is -0.132. The van der Waals surface area contributed by atoms with Gasteiger partial charge in [0.2, 0.25) is 5.91 Å². The molecule has 4 nitrogen and oxygen atoms in total. The molecule has 0 spiro atoms. The van der Waals surface area contributed by atoms with Crippen LogP contribution in [0.5, 0.6) is 0 Å². The van der Waals surface area contributed by atoms with Crippen LogP contribution >= 0.6 is 0 Å². The minimum Gasteiger partial charge on any atom is -0.376 e. The van der Waals surface area contributed by atoms with Crippen molar-refractivity contribution in [2.45, 2.75) is 70.7 Å². The second-order valence-electron chi connectivity index (χ2n) is 5.52. The average molecular weight is 254 g/mol. The lowest BCUT2D eigenvalue weighted by atomic mass is 10.1. The Morgan fingerprint density at radius 2 is 2.28 bits per heavy atom. The molecule has 0 aromatic carbocycles. The van der Waals surface area contributed by atoms with E-state index in [4.69, 9.17) is 4.74 Å². The maximum absolute atomic E-state index is 12.3. The molecule has 4 heteroatoms. The molecule has 0 aromatic rings. The van der Waals surface area contributed by atoms with E-state index in [1.54, 1.807) is 0 Å². The Kier molecular flexibility index (Phi) is 5.01. The third-order valence-electron chi connectivity index (χ3n) is 4.01. The number of carbonyl (C=O) groups is 1. The van der Waals surface area contributed by atoms with E-state index in [1.807, 2.05) is 4.90 Å². The van der Waals surface area contributed by atoms with Crippen LogP contribution in [0.3, 0.4) is 0 Å². The van der Waals surface area contributed by atoms with Crippen LogP contribution in [-0.2, 0) is 9.53 Å². The lowest BCUT2D eigenvalue weighted by Crippen LogP contribution is -2.42. The van der Waals surface area contributed by atoms with E-state index >= 15 is 0 Å². The SMILES string of the molecule is CCCCC1NC(C)N(CC2CCCCO2)C1=O. The fourth-order valence-electron chi connectivity index (χ4n) is 2.88. The van der Waals surface area contributed by atoms with E-state index in [0.29, 0.717) is 0 Å². The van der Waals surface area contributed by atoms with Crippen molar-refractivity contribution >= 4 is 5.91 Å². The Balaban J connectivity index is 1.85. The van der Waals surface area contributed by atoms with Crippen LogP contribution in [0, 0.1) is 0 Å². The zero-order valence-electron chi connectivity index (χ0n) is 11.7. The number of ether oxygens (including phenoxy) is 1. The van der Waals surface area contributed by atoms with Crippen molar-refractivity contribution < 1.29 is 9.53 Å². The van der Waals surface area contributed by atoms with Crippen LogP contribution in [0.25, 0.3) is 0 Å². The third-order valence-corrected chi connectivity index (χ3v) is 4.01. The van der Waals surface area contributed by atoms with E-state index in [0.717, 1.165) is 45.3 Å². The summed E-state index contributed by atoms with van der Waals surface area (Å²) in [5, 5.41) is 3.40. The summed E-state index contributed by atoms with van der Waals surface area (Å²) in [6.07, 6.45) is 7.11. The summed E-state index contributed by atoms with van der Waals surface area (Å²) in [5.41, 5.74) is 0. The first-order valence-electron chi connectivity index (χ1n) is 7.40. The van der Waals surface area contributed by atoms with Gasteiger partial charge in [-0.1, -0.05) is 19.8 Å². The van der Waals surface area contributed by atoms with Crippen molar-refractivity contribution in [2.75, 3.05) is 13.2 Å². The first-order chi connectivity index (χ1) is 8.72. The van der Waals surface area contributed by atoms with Crippen LogP contribution in [0.2, 0.25) is 0 Å². The molecule has 2 heterocycles. The normalized spacial score (nSPS) is 33.1. The van der Waals surface area contributed by atoms with Crippen LogP contribution < -0.4 is 5.32 Å². The zero-order chi connectivity index (χ0) is 13.0. The summed E-state index contributed by atoms with van der Waals surface area (Å²) in [7, 11) is 0. The molecule has 2 aliphatic rings. The molecule has 3 unspecified atom stereocenters. The topological polar surface area (TPSA) is 41.6 Å². The molecule has 0 bridgehead atoms. The summed E-state index contributed by atoms with van der Waals surface area (Å²) in [6, 6.07) is 0.0311. The summed E-state index contributed by atoms with van der Waals surface area (Å²) in [6.45, 7) is 5.85. The molecular formula is C14H26N2O2. The molecule has 104 valence electrons. The highest BCUT2D eigenvalue weighted by atomic mass is 16.5. The molecule has 1 N–H and O–H groups in total. The first-order valence-corrected chi connectivity index (χ1v) is 7.40. The van der Waals surface area contributed by atoms with Gasteiger partial charge in [0.05, 0.1) is 18.3 Å². The van der Waals surface area contributed by atoms with E-state index < -0.39 is 0 Å². The molecule has 3 atom stereocenters. The van der Waals surface area contributed by atoms with Crippen molar-refractivity contribution in [3.05, 3.63) is 0 Å². The predicted octanol–water partition coefficient (Wildman–Crippen LogP) is 1.89. The lowest BCUT2D eigenvalue weighted by Gasteiger charge is -2.29. The maximum atomic E-state index is 12.3. The number of unbranched alkanes of at least 4 members (excludes halogenated alkanes) is 1. The summed E-state index contributed by atoms with van der Waals surface area (Å²) in [5.74, 6) is 0.269. The van der Waals surface area contributed by atoms with Crippen molar-refractivity contribution in [2.24, 2.45) is 0 Å². The Bertz CT molecular complexity index is 277. The van der Waals surface area contributed by atoms with Gasteiger partial charge >= 0.3 is 0 Å². The molecule has 0 aromatic heterocycles. The number of rotatable bonds is 5. The van der Waals surface area contributed by atoms with Gasteiger partial charge in [-0.25, -0.2) is 0 Å². The van der Waals surface area contributed by atoms with Gasteiger partial charge in [0.1, 0.15) is 0 Å². The highest BCUT2D eigenvalue weighted by Gasteiger charge is 2.37. The van der Waals surface area contributed by atoms with Crippen LogP contribution in [-0.4, -0.2) is 42.3 Å². The minimum absolute atomic E-state index is 0.0311. The second-order valence-corrected chi connectivity index (χ2v) is 5.52. The number of hydrogen-bond acceptors (Lipinski definition) is 3. The standard InChI is InChI=1S/C14H26N2O2/c1-3-4-8-13-14(17)16(11(2)15-13)10-12-7-5-6-9-18-12/h11-13,15H,3-10H2,1-2H3. The predicted molar refractivity (Wildman–Crippen MR) is 71.2 cm³/mol. The third kappa shape index (κ3) is 3.23. The molecule has 0 saturated carbocycles. The highest BCUT2D eigenvalue weighted by molar-refractivity contribution is 5.84. The quantitative estimate of drug-likeness (QED) is 0.814. The maximum Gasteiger partial charge on any atom is 0.241 e. The van der Waals surface area contributed by atoms with Crippen LogP contribution in [0.1, 0.15) is 52.4 Å². The van der Waals surface area contributed by atoms with Crippen LogP contribution in [0.4, 0.5) is 0 Å². The van der Waals surface area contributed by atoms with Crippen molar-refractivity contribution in [3.8, 4) is 0 Å². The Hall–Kier alpha value is -0.610. The number of nitrogens with one attached hydrogen (secondary N) is 1.